The number of aromatic nitrogens is 1. The first-order valence-electron chi connectivity index (χ1n) is 4.32. The number of ether oxygens (including phenoxy) is 1. The zero-order valence-corrected chi connectivity index (χ0v) is 9.79. The first-order valence-corrected chi connectivity index (χ1v) is 5.11. The molecule has 0 aromatic carbocycles. The van der Waals surface area contributed by atoms with E-state index in [1.54, 1.807) is 6.92 Å². The van der Waals surface area contributed by atoms with Crippen molar-refractivity contribution in [2.45, 2.75) is 13.3 Å². The molecule has 4 nitrogen and oxygen atoms in total. The van der Waals surface area contributed by atoms with E-state index in [9.17, 15) is 18.7 Å². The average molecular weight is 296 g/mol. The Labute approximate surface area is 98.4 Å². The third kappa shape index (κ3) is 2.66. The molecule has 1 aromatic rings. The Morgan fingerprint density at radius 3 is 2.81 bits per heavy atom. The van der Waals surface area contributed by atoms with Gasteiger partial charge < -0.3 is 9.84 Å². The van der Waals surface area contributed by atoms with Gasteiger partial charge in [0.1, 0.15) is 16.0 Å². The molecule has 0 saturated carbocycles. The highest BCUT2D eigenvalue weighted by molar-refractivity contribution is 9.10. The van der Waals surface area contributed by atoms with Gasteiger partial charge in [-0.15, -0.1) is 0 Å². The molecule has 16 heavy (non-hydrogen) atoms. The second-order valence-corrected chi connectivity index (χ2v) is 3.50. The molecule has 1 heterocycles. The van der Waals surface area contributed by atoms with Crippen LogP contribution in [-0.4, -0.2) is 22.7 Å². The molecule has 0 saturated heterocycles. The number of hydrogen-bond acceptors (Lipinski definition) is 4. The van der Waals surface area contributed by atoms with Crippen LogP contribution in [0.4, 0.5) is 8.78 Å². The summed E-state index contributed by atoms with van der Waals surface area (Å²) in [5.74, 6) is -1.47. The summed E-state index contributed by atoms with van der Waals surface area (Å²) >= 11 is 2.86. The molecule has 1 rings (SSSR count). The van der Waals surface area contributed by atoms with Gasteiger partial charge in [0, 0.05) is 0 Å². The van der Waals surface area contributed by atoms with Crippen LogP contribution in [0, 0.1) is 0 Å². The third-order valence-corrected chi connectivity index (χ3v) is 2.29. The molecule has 0 radical (unpaired) electrons. The number of carbonyl (C=O) groups is 1. The number of hydrogen-bond donors (Lipinski definition) is 1. The van der Waals surface area contributed by atoms with Crippen molar-refractivity contribution in [2.24, 2.45) is 0 Å². The van der Waals surface area contributed by atoms with Gasteiger partial charge in [-0.3, -0.25) is 0 Å². The second kappa shape index (κ2) is 5.20. The molecule has 0 aliphatic heterocycles. The fourth-order valence-electron chi connectivity index (χ4n) is 1.01. The molecule has 88 valence electrons. The summed E-state index contributed by atoms with van der Waals surface area (Å²) in [4.78, 5) is 14.7. The van der Waals surface area contributed by atoms with Crippen molar-refractivity contribution < 1.29 is 23.4 Å². The maximum absolute atomic E-state index is 12.3. The molecular weight excluding hydrogens is 288 g/mol. The van der Waals surface area contributed by atoms with E-state index in [2.05, 4.69) is 25.7 Å². The van der Waals surface area contributed by atoms with Crippen LogP contribution in [0.5, 0.6) is 5.75 Å². The monoisotopic (exact) mass is 295 g/mol. The zero-order chi connectivity index (χ0) is 12.3. The maximum atomic E-state index is 12.3. The summed E-state index contributed by atoms with van der Waals surface area (Å²) in [7, 11) is 0. The number of nitrogens with zero attached hydrogens (tertiary/aromatic N) is 1. The van der Waals surface area contributed by atoms with E-state index in [-0.39, 0.29) is 16.8 Å². The number of carbonyl (C=O) groups excluding carboxylic acids is 1. The van der Waals surface area contributed by atoms with Crippen LogP contribution in [0.1, 0.15) is 29.4 Å². The van der Waals surface area contributed by atoms with Gasteiger partial charge in [-0.2, -0.15) is 0 Å². The smallest absolute Gasteiger partial charge is 0.341 e. The maximum Gasteiger partial charge on any atom is 0.341 e. The van der Waals surface area contributed by atoms with E-state index in [1.165, 1.54) is 0 Å². The normalized spacial score (nSPS) is 10.6. The van der Waals surface area contributed by atoms with Crippen molar-refractivity contribution in [3.05, 3.63) is 21.9 Å². The lowest BCUT2D eigenvalue weighted by Gasteiger charge is -2.07. The van der Waals surface area contributed by atoms with Gasteiger partial charge in [0.15, 0.2) is 0 Å². The topological polar surface area (TPSA) is 59.4 Å². The minimum absolute atomic E-state index is 0.0842. The Bertz CT molecular complexity index is 412. The van der Waals surface area contributed by atoms with Crippen LogP contribution in [-0.2, 0) is 4.74 Å². The Morgan fingerprint density at radius 2 is 2.31 bits per heavy atom. The lowest BCUT2D eigenvalue weighted by molar-refractivity contribution is 0.0523. The van der Waals surface area contributed by atoms with E-state index >= 15 is 0 Å². The summed E-state index contributed by atoms with van der Waals surface area (Å²) < 4.78 is 29.2. The fourth-order valence-corrected chi connectivity index (χ4v) is 1.47. The predicted molar refractivity (Wildman–Crippen MR) is 54.5 cm³/mol. The zero-order valence-electron chi connectivity index (χ0n) is 8.21. The number of halogens is 3. The van der Waals surface area contributed by atoms with Crippen LogP contribution in [0.25, 0.3) is 0 Å². The van der Waals surface area contributed by atoms with E-state index < -0.39 is 23.8 Å². The Morgan fingerprint density at radius 1 is 1.69 bits per heavy atom. The SMILES string of the molecule is CCOC(=O)c1cc(O)c(C(F)F)nc1Br. The molecule has 0 atom stereocenters. The van der Waals surface area contributed by atoms with Gasteiger partial charge in [0.25, 0.3) is 6.43 Å². The molecular formula is C9H8BrF2NO3. The molecule has 0 amide bonds. The van der Waals surface area contributed by atoms with Crippen molar-refractivity contribution in [1.82, 2.24) is 4.98 Å². The van der Waals surface area contributed by atoms with E-state index in [0.29, 0.717) is 0 Å². The largest absolute Gasteiger partial charge is 0.506 e. The Kier molecular flexibility index (Phi) is 4.17. The Hall–Kier alpha value is -1.24. The molecule has 0 unspecified atom stereocenters. The van der Waals surface area contributed by atoms with Gasteiger partial charge in [0.05, 0.1) is 12.2 Å². The van der Waals surface area contributed by atoms with E-state index in [1.807, 2.05) is 0 Å². The first-order chi connectivity index (χ1) is 7.47. The minimum atomic E-state index is -2.91. The van der Waals surface area contributed by atoms with Crippen molar-refractivity contribution in [1.29, 1.82) is 0 Å². The number of pyridine rings is 1. The number of rotatable bonds is 3. The highest BCUT2D eigenvalue weighted by Gasteiger charge is 2.21. The summed E-state index contributed by atoms with van der Waals surface area (Å²) in [5.41, 5.74) is -0.872. The predicted octanol–water partition coefficient (Wildman–Crippen LogP) is 2.66. The van der Waals surface area contributed by atoms with Crippen LogP contribution >= 0.6 is 15.9 Å². The number of alkyl halides is 2. The van der Waals surface area contributed by atoms with Crippen molar-refractivity contribution in [3.8, 4) is 5.75 Å². The van der Waals surface area contributed by atoms with Gasteiger partial charge in [-0.1, -0.05) is 0 Å². The van der Waals surface area contributed by atoms with E-state index in [4.69, 9.17) is 0 Å². The minimum Gasteiger partial charge on any atom is -0.506 e. The van der Waals surface area contributed by atoms with Crippen molar-refractivity contribution >= 4 is 21.9 Å². The molecule has 7 heteroatoms. The molecule has 0 spiro atoms. The molecule has 1 aromatic heterocycles. The number of esters is 1. The molecule has 0 aliphatic rings. The van der Waals surface area contributed by atoms with E-state index in [0.717, 1.165) is 6.07 Å². The van der Waals surface area contributed by atoms with Gasteiger partial charge in [-0.05, 0) is 28.9 Å². The van der Waals surface area contributed by atoms with Crippen molar-refractivity contribution in [3.63, 3.8) is 0 Å². The molecule has 1 N–H and O–H groups in total. The average Bonchev–Trinajstić information content (AvgIpc) is 2.20. The van der Waals surface area contributed by atoms with Gasteiger partial charge in [-0.25, -0.2) is 18.6 Å². The van der Waals surface area contributed by atoms with Crippen molar-refractivity contribution in [2.75, 3.05) is 6.61 Å². The van der Waals surface area contributed by atoms with Crippen LogP contribution < -0.4 is 0 Å². The summed E-state index contributed by atoms with van der Waals surface area (Å²) in [6.07, 6.45) is -2.91. The fraction of sp³-hybridized carbons (Fsp3) is 0.333. The summed E-state index contributed by atoms with van der Waals surface area (Å²) in [6.45, 7) is 1.75. The second-order valence-electron chi connectivity index (χ2n) is 2.75. The lowest BCUT2D eigenvalue weighted by atomic mass is 10.2. The summed E-state index contributed by atoms with van der Waals surface area (Å²) in [6, 6.07) is 0.899. The first kappa shape index (κ1) is 12.8. The number of aromatic hydroxyl groups is 1. The van der Waals surface area contributed by atoms with Crippen LogP contribution in [0.2, 0.25) is 0 Å². The van der Waals surface area contributed by atoms with Crippen LogP contribution in [0.15, 0.2) is 10.7 Å². The molecule has 0 fully saturated rings. The molecule has 0 aliphatic carbocycles. The highest BCUT2D eigenvalue weighted by atomic mass is 79.9. The molecule has 0 bridgehead atoms. The van der Waals surface area contributed by atoms with Gasteiger partial charge >= 0.3 is 5.97 Å². The highest BCUT2D eigenvalue weighted by Crippen LogP contribution is 2.30. The lowest BCUT2D eigenvalue weighted by Crippen LogP contribution is -2.07. The Balaban J connectivity index is 3.15. The van der Waals surface area contributed by atoms with Crippen LogP contribution in [0.3, 0.4) is 0 Å². The van der Waals surface area contributed by atoms with Gasteiger partial charge in [0.2, 0.25) is 0 Å². The third-order valence-electron chi connectivity index (χ3n) is 1.69. The standard InChI is InChI=1S/C9H8BrF2NO3/c1-2-16-9(15)4-3-5(14)6(8(11)12)13-7(4)10/h3,8,14H,2H2,1H3. The quantitative estimate of drug-likeness (QED) is 0.688. The summed E-state index contributed by atoms with van der Waals surface area (Å²) in [5, 5.41) is 9.23.